The minimum Gasteiger partial charge on any atom is -0.348 e. The van der Waals surface area contributed by atoms with Crippen LogP contribution in [0.25, 0.3) is 5.00 Å². The lowest BCUT2D eigenvalue weighted by atomic mass is 10.1. The predicted octanol–water partition coefficient (Wildman–Crippen LogP) is 4.29. The fraction of sp³-hybridized carbons (Fsp3) is 0.348. The van der Waals surface area contributed by atoms with E-state index in [0.717, 1.165) is 39.6 Å². The molecule has 2 aromatic heterocycles. The maximum absolute atomic E-state index is 13.2. The zero-order valence-electron chi connectivity index (χ0n) is 18.4. The molecule has 0 radical (unpaired) electrons. The number of carbonyl (C=O) groups is 1. The van der Waals surface area contributed by atoms with Gasteiger partial charge in [0.1, 0.15) is 5.00 Å². The molecule has 1 amide bonds. The molecule has 3 aromatic rings. The van der Waals surface area contributed by atoms with Gasteiger partial charge in [-0.05, 0) is 61.4 Å². The fourth-order valence-electron chi connectivity index (χ4n) is 3.60. The highest BCUT2D eigenvalue weighted by Crippen LogP contribution is 2.38. The quantitative estimate of drug-likeness (QED) is 0.538. The van der Waals surface area contributed by atoms with Crippen LogP contribution >= 0.6 is 23.1 Å². The number of carbonyl (C=O) groups excluding carboxylic acids is 1. The first-order valence-electron chi connectivity index (χ1n) is 10.5. The van der Waals surface area contributed by atoms with Crippen LogP contribution in [0.3, 0.4) is 0 Å². The first kappa shape index (κ1) is 23.1. The predicted molar refractivity (Wildman–Crippen MR) is 131 cm³/mol. The molecule has 6 nitrogen and oxygen atoms in total. The molecule has 0 atom stereocenters. The van der Waals surface area contributed by atoms with E-state index in [4.69, 9.17) is 0 Å². The maximum atomic E-state index is 13.2. The summed E-state index contributed by atoms with van der Waals surface area (Å²) in [7, 11) is -1.94. The number of nitrogens with zero attached hydrogens (tertiary/aromatic N) is 2. The number of hydrogen-bond acceptors (Lipinski definition) is 5. The molecule has 32 heavy (non-hydrogen) atoms. The zero-order chi connectivity index (χ0) is 22.9. The van der Waals surface area contributed by atoms with Crippen LogP contribution in [0.4, 0.5) is 0 Å². The Balaban J connectivity index is 1.52. The second kappa shape index (κ2) is 9.43. The molecule has 0 fully saturated rings. The molecule has 0 saturated heterocycles. The minimum absolute atomic E-state index is 0.0886. The van der Waals surface area contributed by atoms with Gasteiger partial charge in [-0.3, -0.25) is 4.79 Å². The normalized spacial score (nSPS) is 14.0. The molecule has 1 aliphatic heterocycles. The molecule has 170 valence electrons. The molecule has 3 heterocycles. The smallest absolute Gasteiger partial charge is 0.254 e. The average Bonchev–Trinajstić information content (AvgIpc) is 3.44. The number of amides is 1. The maximum Gasteiger partial charge on any atom is 0.254 e. The van der Waals surface area contributed by atoms with Gasteiger partial charge in [-0.2, -0.15) is 16.1 Å². The Labute approximate surface area is 197 Å². The summed E-state index contributed by atoms with van der Waals surface area (Å²) in [6.45, 7) is 4.01. The summed E-state index contributed by atoms with van der Waals surface area (Å²) < 4.78 is 28.7. The van der Waals surface area contributed by atoms with E-state index in [0.29, 0.717) is 6.54 Å². The molecule has 9 heteroatoms. The summed E-state index contributed by atoms with van der Waals surface area (Å²) in [6, 6.07) is 10.5. The third-order valence-corrected chi connectivity index (χ3v) is 10.1. The SMILES string of the molecule is CC(C)N(C)S(=O)(=O)c1ccc(CNC(=O)c2c(-n3cccc3)sc3c2CCSC3)cc1. The number of rotatable bonds is 7. The standard InChI is InChI=1S/C23H27N3O3S3/c1-16(2)25(3)32(28,29)18-8-6-17(7-9-18)14-24-22(27)21-19-10-13-30-15-20(19)31-23(21)26-11-4-5-12-26/h4-9,11-12,16H,10,13-15H2,1-3H3,(H,24,27). The summed E-state index contributed by atoms with van der Waals surface area (Å²) in [5.74, 6) is 1.88. The summed E-state index contributed by atoms with van der Waals surface area (Å²) in [5, 5.41) is 4.00. The lowest BCUT2D eigenvalue weighted by molar-refractivity contribution is 0.0950. The third kappa shape index (κ3) is 4.52. The molecule has 4 rings (SSSR count). The van der Waals surface area contributed by atoms with E-state index >= 15 is 0 Å². The van der Waals surface area contributed by atoms with Crippen molar-refractivity contribution in [2.75, 3.05) is 12.8 Å². The Morgan fingerprint density at radius 2 is 1.88 bits per heavy atom. The van der Waals surface area contributed by atoms with Crippen LogP contribution in [0.15, 0.2) is 53.7 Å². The van der Waals surface area contributed by atoms with E-state index in [1.165, 1.54) is 9.18 Å². The van der Waals surface area contributed by atoms with Crippen molar-refractivity contribution in [3.05, 3.63) is 70.4 Å². The van der Waals surface area contributed by atoms with Crippen molar-refractivity contribution in [2.24, 2.45) is 0 Å². The Morgan fingerprint density at radius 3 is 2.53 bits per heavy atom. The van der Waals surface area contributed by atoms with E-state index in [9.17, 15) is 13.2 Å². The van der Waals surface area contributed by atoms with Crippen molar-refractivity contribution in [3.8, 4) is 5.00 Å². The molecular formula is C23H27N3O3S3. The van der Waals surface area contributed by atoms with E-state index < -0.39 is 10.0 Å². The monoisotopic (exact) mass is 489 g/mol. The highest BCUT2D eigenvalue weighted by atomic mass is 32.2. The first-order valence-corrected chi connectivity index (χ1v) is 13.9. The van der Waals surface area contributed by atoms with Crippen LogP contribution in [-0.2, 0) is 28.7 Å². The van der Waals surface area contributed by atoms with Gasteiger partial charge in [-0.25, -0.2) is 8.42 Å². The minimum atomic E-state index is -3.52. The number of aromatic nitrogens is 1. The summed E-state index contributed by atoms with van der Waals surface area (Å²) >= 11 is 3.59. The molecule has 1 N–H and O–H groups in total. The van der Waals surface area contributed by atoms with Crippen LogP contribution in [0.2, 0.25) is 0 Å². The Kier molecular flexibility index (Phi) is 6.80. The molecule has 0 saturated carbocycles. The Bertz CT molecular complexity index is 1200. The average molecular weight is 490 g/mol. The molecule has 0 aliphatic carbocycles. The van der Waals surface area contributed by atoms with Gasteiger partial charge in [-0.1, -0.05) is 12.1 Å². The number of benzene rings is 1. The lowest BCUT2D eigenvalue weighted by Gasteiger charge is -2.21. The summed E-state index contributed by atoms with van der Waals surface area (Å²) in [5.41, 5.74) is 2.78. The van der Waals surface area contributed by atoms with Gasteiger partial charge in [0.05, 0.1) is 10.5 Å². The molecule has 0 bridgehead atoms. The van der Waals surface area contributed by atoms with Crippen molar-refractivity contribution < 1.29 is 13.2 Å². The van der Waals surface area contributed by atoms with Crippen LogP contribution in [0.5, 0.6) is 0 Å². The molecule has 0 unspecified atom stereocenters. The van der Waals surface area contributed by atoms with Crippen LogP contribution in [0.1, 0.15) is 40.2 Å². The van der Waals surface area contributed by atoms with Crippen molar-refractivity contribution in [3.63, 3.8) is 0 Å². The van der Waals surface area contributed by atoms with Crippen molar-refractivity contribution in [1.29, 1.82) is 0 Å². The highest BCUT2D eigenvalue weighted by molar-refractivity contribution is 7.98. The largest absolute Gasteiger partial charge is 0.348 e. The number of nitrogens with one attached hydrogen (secondary N) is 1. The number of thioether (sulfide) groups is 1. The topological polar surface area (TPSA) is 71.4 Å². The molecule has 0 spiro atoms. The van der Waals surface area contributed by atoms with Gasteiger partial charge in [0.25, 0.3) is 5.91 Å². The number of thiophene rings is 1. The first-order chi connectivity index (χ1) is 15.3. The highest BCUT2D eigenvalue weighted by Gasteiger charge is 2.26. The fourth-order valence-corrected chi connectivity index (χ4v) is 7.41. The van der Waals surface area contributed by atoms with Gasteiger partial charge in [0.15, 0.2) is 0 Å². The Morgan fingerprint density at radius 1 is 1.19 bits per heavy atom. The van der Waals surface area contributed by atoms with Gasteiger partial charge in [0, 0.05) is 42.7 Å². The van der Waals surface area contributed by atoms with E-state index in [2.05, 4.69) is 5.32 Å². The van der Waals surface area contributed by atoms with E-state index in [1.54, 1.807) is 42.6 Å². The zero-order valence-corrected chi connectivity index (χ0v) is 20.8. The molecular weight excluding hydrogens is 462 g/mol. The number of sulfonamides is 1. The van der Waals surface area contributed by atoms with Gasteiger partial charge < -0.3 is 9.88 Å². The third-order valence-electron chi connectivity index (χ3n) is 5.65. The molecule has 1 aliphatic rings. The Hall–Kier alpha value is -2.07. The van der Waals surface area contributed by atoms with Crippen molar-refractivity contribution >= 4 is 39.0 Å². The van der Waals surface area contributed by atoms with Crippen molar-refractivity contribution in [1.82, 2.24) is 14.2 Å². The van der Waals surface area contributed by atoms with Crippen LogP contribution in [-0.4, -0.2) is 42.0 Å². The second-order valence-electron chi connectivity index (χ2n) is 8.02. The van der Waals surface area contributed by atoms with Gasteiger partial charge in [0.2, 0.25) is 10.0 Å². The van der Waals surface area contributed by atoms with Gasteiger partial charge >= 0.3 is 0 Å². The van der Waals surface area contributed by atoms with Crippen LogP contribution in [0, 0.1) is 0 Å². The summed E-state index contributed by atoms with van der Waals surface area (Å²) in [4.78, 5) is 14.8. The summed E-state index contributed by atoms with van der Waals surface area (Å²) in [6.07, 6.45) is 4.83. The lowest BCUT2D eigenvalue weighted by Crippen LogP contribution is -2.33. The van der Waals surface area contributed by atoms with Gasteiger partial charge in [-0.15, -0.1) is 11.3 Å². The number of fused-ring (bicyclic) bond motifs is 1. The van der Waals surface area contributed by atoms with Crippen LogP contribution < -0.4 is 5.32 Å². The van der Waals surface area contributed by atoms with E-state index in [1.807, 2.05) is 54.7 Å². The van der Waals surface area contributed by atoms with E-state index in [-0.39, 0.29) is 16.8 Å². The van der Waals surface area contributed by atoms with Crippen molar-refractivity contribution in [2.45, 2.75) is 43.5 Å². The molecule has 1 aromatic carbocycles. The second-order valence-corrected chi connectivity index (χ2v) is 12.2. The number of hydrogen-bond donors (Lipinski definition) is 1.